The van der Waals surface area contributed by atoms with Gasteiger partial charge in [0.05, 0.1) is 7.11 Å². The van der Waals surface area contributed by atoms with E-state index in [2.05, 4.69) is 48.3 Å². The first-order chi connectivity index (χ1) is 10.2. The Kier molecular flexibility index (Phi) is 4.52. The Hall–Kier alpha value is -1.56. The Bertz CT molecular complexity index is 526. The van der Waals surface area contributed by atoms with Gasteiger partial charge in [0.1, 0.15) is 11.5 Å². The first-order valence-electron chi connectivity index (χ1n) is 7.92. The normalized spacial score (nSPS) is 20.6. The van der Waals surface area contributed by atoms with E-state index in [-0.39, 0.29) is 11.1 Å². The Morgan fingerprint density at radius 2 is 1.82 bits per heavy atom. The molecule has 2 rings (SSSR count). The predicted molar refractivity (Wildman–Crippen MR) is 90.3 cm³/mol. The molecule has 0 aliphatic carbocycles. The van der Waals surface area contributed by atoms with Crippen molar-refractivity contribution >= 4 is 11.5 Å². The number of anilines is 2. The van der Waals surface area contributed by atoms with Crippen LogP contribution in [0.4, 0.5) is 11.5 Å². The van der Waals surface area contributed by atoms with Crippen LogP contribution in [0.25, 0.3) is 0 Å². The third-order valence-electron chi connectivity index (χ3n) is 4.00. The second-order valence-electron chi connectivity index (χ2n) is 7.41. The molecule has 2 heterocycles. The standard InChI is InChI=1S/C16H29N5O/c1-7-11-19-13(12(17)14(20-11)22-6)18-10-8-15(2,3)21-16(4,5)9-10/h10,21H,7-9,17H2,1-6H3,(H,18,19,20). The zero-order valence-electron chi connectivity index (χ0n) is 14.6. The fourth-order valence-electron chi connectivity index (χ4n) is 3.53. The summed E-state index contributed by atoms with van der Waals surface area (Å²) in [7, 11) is 1.58. The van der Waals surface area contributed by atoms with Crippen molar-refractivity contribution < 1.29 is 4.74 Å². The van der Waals surface area contributed by atoms with Crippen molar-refractivity contribution in [1.29, 1.82) is 0 Å². The molecular weight excluding hydrogens is 278 g/mol. The van der Waals surface area contributed by atoms with E-state index in [0.29, 0.717) is 23.4 Å². The SMILES string of the molecule is CCc1nc(NC2CC(C)(C)NC(C)(C)C2)c(N)c(OC)n1. The maximum Gasteiger partial charge on any atom is 0.242 e. The van der Waals surface area contributed by atoms with Gasteiger partial charge in [-0.3, -0.25) is 0 Å². The molecule has 1 saturated heterocycles. The van der Waals surface area contributed by atoms with Gasteiger partial charge in [-0.1, -0.05) is 6.92 Å². The van der Waals surface area contributed by atoms with Gasteiger partial charge in [0.25, 0.3) is 0 Å². The van der Waals surface area contributed by atoms with Gasteiger partial charge in [0.2, 0.25) is 5.88 Å². The van der Waals surface area contributed by atoms with Gasteiger partial charge in [-0.25, -0.2) is 4.98 Å². The number of nitrogens with one attached hydrogen (secondary N) is 2. The highest BCUT2D eigenvalue weighted by molar-refractivity contribution is 5.67. The third-order valence-corrected chi connectivity index (χ3v) is 4.00. The van der Waals surface area contributed by atoms with Crippen LogP contribution in [-0.4, -0.2) is 34.2 Å². The highest BCUT2D eigenvalue weighted by Crippen LogP contribution is 2.33. The molecule has 0 radical (unpaired) electrons. The smallest absolute Gasteiger partial charge is 0.242 e. The van der Waals surface area contributed by atoms with Crippen LogP contribution >= 0.6 is 0 Å². The van der Waals surface area contributed by atoms with Crippen molar-refractivity contribution in [2.45, 2.75) is 71.0 Å². The molecule has 0 saturated carbocycles. The molecular formula is C16H29N5O. The van der Waals surface area contributed by atoms with Crippen molar-refractivity contribution in [3.63, 3.8) is 0 Å². The summed E-state index contributed by atoms with van der Waals surface area (Å²) in [5.74, 6) is 1.87. The molecule has 0 aromatic carbocycles. The number of hydrogen-bond donors (Lipinski definition) is 3. The lowest BCUT2D eigenvalue weighted by molar-refractivity contribution is 0.170. The van der Waals surface area contributed by atoms with Crippen LogP contribution in [0.2, 0.25) is 0 Å². The van der Waals surface area contributed by atoms with Gasteiger partial charge in [0, 0.05) is 23.5 Å². The summed E-state index contributed by atoms with van der Waals surface area (Å²) in [6.45, 7) is 10.9. The minimum Gasteiger partial charge on any atom is -0.479 e. The van der Waals surface area contributed by atoms with Crippen molar-refractivity contribution in [2.75, 3.05) is 18.2 Å². The Morgan fingerprint density at radius 3 is 2.32 bits per heavy atom. The van der Waals surface area contributed by atoms with Gasteiger partial charge in [0.15, 0.2) is 5.82 Å². The third kappa shape index (κ3) is 3.80. The van der Waals surface area contributed by atoms with E-state index >= 15 is 0 Å². The van der Waals surface area contributed by atoms with Crippen molar-refractivity contribution in [1.82, 2.24) is 15.3 Å². The van der Waals surface area contributed by atoms with Crippen molar-refractivity contribution in [3.8, 4) is 5.88 Å². The van der Waals surface area contributed by atoms with E-state index < -0.39 is 0 Å². The summed E-state index contributed by atoms with van der Waals surface area (Å²) in [5.41, 5.74) is 6.76. The number of methoxy groups -OCH3 is 1. The van der Waals surface area contributed by atoms with Gasteiger partial charge in [-0.05, 0) is 40.5 Å². The molecule has 6 heteroatoms. The van der Waals surface area contributed by atoms with E-state index in [1.54, 1.807) is 7.11 Å². The van der Waals surface area contributed by atoms with Crippen LogP contribution in [0, 0.1) is 0 Å². The van der Waals surface area contributed by atoms with E-state index in [1.165, 1.54) is 0 Å². The summed E-state index contributed by atoms with van der Waals surface area (Å²) >= 11 is 0. The first-order valence-corrected chi connectivity index (χ1v) is 7.92. The topological polar surface area (TPSA) is 85.1 Å². The molecule has 6 nitrogen and oxygen atoms in total. The lowest BCUT2D eigenvalue weighted by atomic mass is 9.79. The minimum absolute atomic E-state index is 0.0683. The minimum atomic E-state index is 0.0683. The molecule has 0 bridgehead atoms. The quantitative estimate of drug-likeness (QED) is 0.792. The van der Waals surface area contributed by atoms with E-state index in [4.69, 9.17) is 10.5 Å². The second-order valence-corrected chi connectivity index (χ2v) is 7.41. The fraction of sp³-hybridized carbons (Fsp3) is 0.750. The zero-order chi connectivity index (χ0) is 16.5. The van der Waals surface area contributed by atoms with E-state index in [0.717, 1.165) is 25.1 Å². The summed E-state index contributed by atoms with van der Waals surface area (Å²) < 4.78 is 5.27. The van der Waals surface area contributed by atoms with E-state index in [1.807, 2.05) is 6.92 Å². The van der Waals surface area contributed by atoms with Crippen molar-refractivity contribution in [3.05, 3.63) is 5.82 Å². The zero-order valence-corrected chi connectivity index (χ0v) is 14.6. The molecule has 0 unspecified atom stereocenters. The number of hydrogen-bond acceptors (Lipinski definition) is 6. The number of nitrogens with two attached hydrogens (primary N) is 1. The molecule has 4 N–H and O–H groups in total. The summed E-state index contributed by atoms with van der Waals surface area (Å²) in [6, 6.07) is 0.304. The fourth-order valence-corrected chi connectivity index (χ4v) is 3.53. The summed E-state index contributed by atoms with van der Waals surface area (Å²) in [6.07, 6.45) is 2.75. The molecule has 1 aliphatic rings. The van der Waals surface area contributed by atoms with Crippen LogP contribution in [0.1, 0.15) is 53.3 Å². The number of ether oxygens (including phenoxy) is 1. The van der Waals surface area contributed by atoms with Gasteiger partial charge in [-0.2, -0.15) is 4.98 Å². The monoisotopic (exact) mass is 307 g/mol. The number of piperidine rings is 1. The average Bonchev–Trinajstić information content (AvgIpc) is 2.37. The maximum absolute atomic E-state index is 6.14. The Labute approximate surface area is 133 Å². The van der Waals surface area contributed by atoms with Crippen LogP contribution in [0.5, 0.6) is 5.88 Å². The van der Waals surface area contributed by atoms with Gasteiger partial charge >= 0.3 is 0 Å². The lowest BCUT2D eigenvalue weighted by Crippen LogP contribution is -2.60. The summed E-state index contributed by atoms with van der Waals surface area (Å²) in [4.78, 5) is 8.85. The number of nitrogen functional groups attached to an aromatic ring is 1. The molecule has 0 atom stereocenters. The highest BCUT2D eigenvalue weighted by Gasteiger charge is 2.38. The molecule has 1 fully saturated rings. The molecule has 1 aliphatic heterocycles. The second kappa shape index (κ2) is 5.91. The van der Waals surface area contributed by atoms with Crippen LogP contribution < -0.4 is 21.1 Å². The van der Waals surface area contributed by atoms with Crippen molar-refractivity contribution in [2.24, 2.45) is 0 Å². The lowest BCUT2D eigenvalue weighted by Gasteiger charge is -2.46. The van der Waals surface area contributed by atoms with Crippen LogP contribution in [0.15, 0.2) is 0 Å². The maximum atomic E-state index is 6.14. The highest BCUT2D eigenvalue weighted by atomic mass is 16.5. The van der Waals surface area contributed by atoms with Gasteiger partial charge in [-0.15, -0.1) is 0 Å². The molecule has 1 aromatic heterocycles. The van der Waals surface area contributed by atoms with Crippen LogP contribution in [-0.2, 0) is 6.42 Å². The first kappa shape index (κ1) is 16.8. The summed E-state index contributed by atoms with van der Waals surface area (Å²) in [5, 5.41) is 7.19. The average molecular weight is 307 g/mol. The molecule has 0 spiro atoms. The molecule has 22 heavy (non-hydrogen) atoms. The number of aromatic nitrogens is 2. The van der Waals surface area contributed by atoms with E-state index in [9.17, 15) is 0 Å². The Balaban J connectivity index is 2.26. The van der Waals surface area contributed by atoms with Crippen LogP contribution in [0.3, 0.4) is 0 Å². The molecule has 1 aromatic rings. The molecule has 124 valence electrons. The number of aryl methyl sites for hydroxylation is 1. The predicted octanol–water partition coefficient (Wildman–Crippen LogP) is 2.35. The number of nitrogens with zero attached hydrogens (tertiary/aromatic N) is 2. The number of rotatable bonds is 4. The van der Waals surface area contributed by atoms with Gasteiger partial charge < -0.3 is 21.1 Å². The Morgan fingerprint density at radius 1 is 1.23 bits per heavy atom. The largest absolute Gasteiger partial charge is 0.479 e. The molecule has 0 amide bonds.